The highest BCUT2D eigenvalue weighted by atomic mass is 32.2. The molecule has 0 aromatic heterocycles. The number of alkyl halides is 2. The maximum atomic E-state index is 13.8. The van der Waals surface area contributed by atoms with Crippen molar-refractivity contribution >= 4 is 23.5 Å². The van der Waals surface area contributed by atoms with Gasteiger partial charge in [0.25, 0.3) is 0 Å². The Kier molecular flexibility index (Phi) is 9.28. The van der Waals surface area contributed by atoms with Gasteiger partial charge in [0.15, 0.2) is 0 Å². The van der Waals surface area contributed by atoms with E-state index in [1.807, 2.05) is 30.3 Å². The number of hydrogen-bond donors (Lipinski definition) is 4. The molecule has 1 atom stereocenters. The molecule has 8 nitrogen and oxygen atoms in total. The molecular weight excluding hydrogens is 477 g/mol. The van der Waals surface area contributed by atoms with Gasteiger partial charge in [-0.1, -0.05) is 54.6 Å². The van der Waals surface area contributed by atoms with Gasteiger partial charge in [-0.2, -0.15) is 8.78 Å². The second-order valence-electron chi connectivity index (χ2n) is 7.66. The highest BCUT2D eigenvalue weighted by Gasteiger charge is 2.50. The van der Waals surface area contributed by atoms with Gasteiger partial charge in [-0.3, -0.25) is 9.36 Å². The minimum Gasteiger partial charge on any atom is -0.355 e. The van der Waals surface area contributed by atoms with E-state index in [0.29, 0.717) is 18.5 Å². The van der Waals surface area contributed by atoms with E-state index in [2.05, 4.69) is 10.0 Å². The first kappa shape index (κ1) is 27.1. The highest BCUT2D eigenvalue weighted by molar-refractivity contribution is 7.88. The molecule has 0 unspecified atom stereocenters. The lowest BCUT2D eigenvalue weighted by Gasteiger charge is -2.20. The molecule has 2 rings (SSSR count). The van der Waals surface area contributed by atoms with Crippen LogP contribution in [0.5, 0.6) is 0 Å². The van der Waals surface area contributed by atoms with Gasteiger partial charge < -0.3 is 15.1 Å². The van der Waals surface area contributed by atoms with Gasteiger partial charge in [-0.05, 0) is 36.8 Å². The SMILES string of the molecule is CS(=O)(=O)N[C@@H](Cc1ccc(C(F)(F)P(=O)(O)O)cc1)C(=O)NCCCCc1ccccc1. The standard InChI is InChI=1S/C21H27F2N2O6PS/c1-33(30,31)25-19(20(26)24-14-6-5-9-16-7-3-2-4-8-16)15-17-10-12-18(13-11-17)21(22,23)32(27,28)29/h2-4,7-8,10-13,19,25H,5-6,9,14-15H2,1H3,(H,24,26)(H2,27,28,29)/t19-/m0/s1. The number of amides is 1. The zero-order chi connectivity index (χ0) is 24.7. The van der Waals surface area contributed by atoms with Gasteiger partial charge in [-0.25, -0.2) is 13.1 Å². The van der Waals surface area contributed by atoms with E-state index in [1.165, 1.54) is 17.7 Å². The van der Waals surface area contributed by atoms with E-state index >= 15 is 0 Å². The third kappa shape index (κ3) is 8.60. The lowest BCUT2D eigenvalue weighted by molar-refractivity contribution is -0.122. The van der Waals surface area contributed by atoms with Crippen molar-refractivity contribution in [3.8, 4) is 0 Å². The molecule has 2 aromatic rings. The second kappa shape index (κ2) is 11.3. The van der Waals surface area contributed by atoms with E-state index in [4.69, 9.17) is 9.79 Å². The first-order chi connectivity index (χ1) is 15.3. The Balaban J connectivity index is 1.98. The van der Waals surface area contributed by atoms with Gasteiger partial charge in [0.05, 0.1) is 6.26 Å². The number of nitrogens with one attached hydrogen (secondary N) is 2. The number of unbranched alkanes of at least 4 members (excludes halogenated alkanes) is 1. The quantitative estimate of drug-likeness (QED) is 0.259. The molecule has 2 aromatic carbocycles. The Morgan fingerprint density at radius 2 is 1.64 bits per heavy atom. The lowest BCUT2D eigenvalue weighted by atomic mass is 10.0. The number of sulfonamides is 1. The van der Waals surface area contributed by atoms with Crippen molar-refractivity contribution < 1.29 is 36.3 Å². The van der Waals surface area contributed by atoms with Crippen LogP contribution in [-0.2, 0) is 37.9 Å². The van der Waals surface area contributed by atoms with Gasteiger partial charge in [0.2, 0.25) is 15.9 Å². The number of benzene rings is 2. The minimum atomic E-state index is -5.70. The molecule has 0 fully saturated rings. The van der Waals surface area contributed by atoms with Crippen molar-refractivity contribution in [1.29, 1.82) is 0 Å². The van der Waals surface area contributed by atoms with Crippen molar-refractivity contribution in [1.82, 2.24) is 10.0 Å². The van der Waals surface area contributed by atoms with E-state index in [-0.39, 0.29) is 6.42 Å². The summed E-state index contributed by atoms with van der Waals surface area (Å²) in [7, 11) is -9.45. The Morgan fingerprint density at radius 1 is 1.03 bits per heavy atom. The summed E-state index contributed by atoms with van der Waals surface area (Å²) in [4.78, 5) is 30.2. The van der Waals surface area contributed by atoms with E-state index in [0.717, 1.165) is 31.2 Å². The molecule has 0 heterocycles. The number of halogens is 2. The fourth-order valence-electron chi connectivity index (χ4n) is 3.13. The molecule has 12 heteroatoms. The van der Waals surface area contributed by atoms with Crippen LogP contribution in [0.3, 0.4) is 0 Å². The van der Waals surface area contributed by atoms with E-state index in [1.54, 1.807) is 0 Å². The molecule has 0 aliphatic heterocycles. The monoisotopic (exact) mass is 504 g/mol. The third-order valence-electron chi connectivity index (χ3n) is 4.81. The lowest BCUT2D eigenvalue weighted by Crippen LogP contribution is -2.47. The molecule has 1 amide bonds. The molecule has 33 heavy (non-hydrogen) atoms. The predicted octanol–water partition coefficient (Wildman–Crippen LogP) is 2.51. The maximum absolute atomic E-state index is 13.8. The average molecular weight is 504 g/mol. The summed E-state index contributed by atoms with van der Waals surface area (Å²) in [5.41, 5.74) is -3.73. The largest absolute Gasteiger partial charge is 0.399 e. The third-order valence-corrected chi connectivity index (χ3v) is 6.52. The molecular formula is C21H27F2N2O6PS. The van der Waals surface area contributed by atoms with Crippen LogP contribution in [0.2, 0.25) is 0 Å². The second-order valence-corrected chi connectivity index (χ2v) is 11.1. The first-order valence-corrected chi connectivity index (χ1v) is 13.6. The minimum absolute atomic E-state index is 0.134. The molecule has 0 spiro atoms. The summed E-state index contributed by atoms with van der Waals surface area (Å²) in [6.45, 7) is 0.334. The maximum Gasteiger partial charge on any atom is 0.399 e. The number of hydrogen-bond acceptors (Lipinski definition) is 4. The van der Waals surface area contributed by atoms with Crippen molar-refractivity contribution in [3.05, 3.63) is 71.3 Å². The molecule has 0 saturated heterocycles. The van der Waals surface area contributed by atoms with Crippen LogP contribution in [0.1, 0.15) is 29.5 Å². The fraction of sp³-hybridized carbons (Fsp3) is 0.381. The Morgan fingerprint density at radius 3 is 2.18 bits per heavy atom. The summed E-state index contributed by atoms with van der Waals surface area (Å²) in [5.74, 6) is -0.565. The molecule has 182 valence electrons. The molecule has 0 aliphatic rings. The van der Waals surface area contributed by atoms with Crippen LogP contribution in [-0.4, -0.2) is 43.0 Å². The summed E-state index contributed by atoms with van der Waals surface area (Å²) in [6, 6.07) is 12.7. The number of aryl methyl sites for hydroxylation is 1. The molecule has 0 radical (unpaired) electrons. The van der Waals surface area contributed by atoms with Gasteiger partial charge in [0.1, 0.15) is 6.04 Å². The smallest absolute Gasteiger partial charge is 0.355 e. The van der Waals surface area contributed by atoms with Crippen LogP contribution in [0.25, 0.3) is 0 Å². The molecule has 0 aliphatic carbocycles. The van der Waals surface area contributed by atoms with E-state index < -0.39 is 40.8 Å². The van der Waals surface area contributed by atoms with E-state index in [9.17, 15) is 26.6 Å². The summed E-state index contributed by atoms with van der Waals surface area (Å²) in [5, 5.41) is 2.68. The summed E-state index contributed by atoms with van der Waals surface area (Å²) < 4.78 is 64.2. The zero-order valence-electron chi connectivity index (χ0n) is 17.9. The predicted molar refractivity (Wildman–Crippen MR) is 120 cm³/mol. The Bertz CT molecular complexity index is 1080. The summed E-state index contributed by atoms with van der Waals surface area (Å²) >= 11 is 0. The number of carbonyl (C=O) groups is 1. The van der Waals surface area contributed by atoms with Gasteiger partial charge in [-0.15, -0.1) is 0 Å². The molecule has 4 N–H and O–H groups in total. The summed E-state index contributed by atoms with van der Waals surface area (Å²) in [6.07, 6.45) is 3.11. The van der Waals surface area contributed by atoms with Crippen molar-refractivity contribution in [3.63, 3.8) is 0 Å². The van der Waals surface area contributed by atoms with Gasteiger partial charge in [0, 0.05) is 12.1 Å². The Labute approximate surface area is 191 Å². The average Bonchev–Trinajstić information content (AvgIpc) is 2.72. The fourth-order valence-corrected chi connectivity index (χ4v) is 4.32. The van der Waals surface area contributed by atoms with Crippen LogP contribution in [0, 0.1) is 0 Å². The van der Waals surface area contributed by atoms with Crippen LogP contribution in [0.15, 0.2) is 54.6 Å². The van der Waals surface area contributed by atoms with Gasteiger partial charge >= 0.3 is 13.3 Å². The Hall–Kier alpha value is -2.17. The topological polar surface area (TPSA) is 133 Å². The van der Waals surface area contributed by atoms with Crippen LogP contribution in [0.4, 0.5) is 8.78 Å². The van der Waals surface area contributed by atoms with Crippen molar-refractivity contribution in [2.24, 2.45) is 0 Å². The normalized spacial score (nSPS) is 13.5. The van der Waals surface area contributed by atoms with Crippen molar-refractivity contribution in [2.75, 3.05) is 12.8 Å². The van der Waals surface area contributed by atoms with Crippen LogP contribution < -0.4 is 10.0 Å². The van der Waals surface area contributed by atoms with Crippen molar-refractivity contribution in [2.45, 2.75) is 37.4 Å². The first-order valence-electron chi connectivity index (χ1n) is 10.1. The highest BCUT2D eigenvalue weighted by Crippen LogP contribution is 2.59. The zero-order valence-corrected chi connectivity index (χ0v) is 19.7. The molecule has 0 saturated carbocycles. The molecule has 0 bridgehead atoms. The van der Waals surface area contributed by atoms with Crippen LogP contribution >= 0.6 is 7.60 Å². The number of carbonyl (C=O) groups excluding carboxylic acids is 1. The number of rotatable bonds is 12.